The molecule has 0 amide bonds. The fourth-order valence-corrected chi connectivity index (χ4v) is 5.21. The SMILES string of the molecule is CCCCC1=C2/O[C@H](/C(C(=O)OC)=C(/C(=O)OC)[C@H]3CCC\C3=C\1OC)c1ccccc12. The lowest BCUT2D eigenvalue weighted by Crippen LogP contribution is -2.24. The quantitative estimate of drug-likeness (QED) is 0.581. The van der Waals surface area contributed by atoms with Crippen LogP contribution in [-0.4, -0.2) is 33.3 Å². The molecule has 2 bridgehead atoms. The Kier molecular flexibility index (Phi) is 6.40. The lowest BCUT2D eigenvalue weighted by molar-refractivity contribution is -0.140. The minimum Gasteiger partial charge on any atom is -0.496 e. The largest absolute Gasteiger partial charge is 0.496 e. The van der Waals surface area contributed by atoms with Gasteiger partial charge in [-0.3, -0.25) is 0 Å². The topological polar surface area (TPSA) is 71.1 Å². The predicted molar refractivity (Wildman–Crippen MR) is 119 cm³/mol. The molecule has 0 spiro atoms. The number of methoxy groups -OCH3 is 3. The Hall–Kier alpha value is -3.02. The van der Waals surface area contributed by atoms with Gasteiger partial charge in [0, 0.05) is 22.6 Å². The Labute approximate surface area is 188 Å². The van der Waals surface area contributed by atoms with Crippen LogP contribution in [0.1, 0.15) is 62.7 Å². The highest BCUT2D eigenvalue weighted by Crippen LogP contribution is 2.52. The first-order valence-electron chi connectivity index (χ1n) is 11.2. The number of unbranched alkanes of at least 4 members (excludes halogenated alkanes) is 1. The van der Waals surface area contributed by atoms with Crippen molar-refractivity contribution in [1.82, 2.24) is 0 Å². The second-order valence-corrected chi connectivity index (χ2v) is 8.31. The van der Waals surface area contributed by atoms with Gasteiger partial charge < -0.3 is 18.9 Å². The van der Waals surface area contributed by atoms with Gasteiger partial charge in [0.2, 0.25) is 0 Å². The molecule has 32 heavy (non-hydrogen) atoms. The van der Waals surface area contributed by atoms with E-state index in [1.165, 1.54) is 14.2 Å². The van der Waals surface area contributed by atoms with Crippen LogP contribution < -0.4 is 0 Å². The number of allylic oxidation sites excluding steroid dienone is 2. The smallest absolute Gasteiger partial charge is 0.338 e. The molecule has 2 aliphatic heterocycles. The van der Waals surface area contributed by atoms with Gasteiger partial charge >= 0.3 is 11.9 Å². The minimum absolute atomic E-state index is 0.221. The zero-order chi connectivity index (χ0) is 22.8. The molecular weight excluding hydrogens is 408 g/mol. The zero-order valence-corrected chi connectivity index (χ0v) is 19.2. The number of ether oxygens (including phenoxy) is 4. The molecule has 0 aromatic heterocycles. The summed E-state index contributed by atoms with van der Waals surface area (Å²) >= 11 is 0. The lowest BCUT2D eigenvalue weighted by Gasteiger charge is -2.23. The Balaban J connectivity index is 2.11. The molecule has 4 rings (SSSR count). The summed E-state index contributed by atoms with van der Waals surface area (Å²) in [5.74, 6) is 0.116. The summed E-state index contributed by atoms with van der Waals surface area (Å²) in [7, 11) is 4.34. The van der Waals surface area contributed by atoms with E-state index in [9.17, 15) is 9.59 Å². The van der Waals surface area contributed by atoms with E-state index >= 15 is 0 Å². The molecular formula is C26H30O6. The summed E-state index contributed by atoms with van der Waals surface area (Å²) < 4.78 is 22.9. The van der Waals surface area contributed by atoms with Crippen LogP contribution in [-0.2, 0) is 28.5 Å². The summed E-state index contributed by atoms with van der Waals surface area (Å²) in [6.45, 7) is 2.15. The molecule has 0 radical (unpaired) electrons. The van der Waals surface area contributed by atoms with Crippen LogP contribution in [0.25, 0.3) is 5.76 Å². The first kappa shape index (κ1) is 22.2. The van der Waals surface area contributed by atoms with E-state index in [2.05, 4.69) is 6.92 Å². The molecule has 6 heteroatoms. The summed E-state index contributed by atoms with van der Waals surface area (Å²) in [6, 6.07) is 7.80. The van der Waals surface area contributed by atoms with Gasteiger partial charge in [-0.05, 0) is 37.7 Å². The second-order valence-electron chi connectivity index (χ2n) is 8.31. The van der Waals surface area contributed by atoms with Gasteiger partial charge in [0.25, 0.3) is 0 Å². The van der Waals surface area contributed by atoms with Crippen molar-refractivity contribution in [3.8, 4) is 0 Å². The van der Waals surface area contributed by atoms with Gasteiger partial charge in [-0.2, -0.15) is 0 Å². The van der Waals surface area contributed by atoms with E-state index in [0.29, 0.717) is 5.57 Å². The number of rotatable bonds is 6. The third-order valence-electron chi connectivity index (χ3n) is 6.62. The van der Waals surface area contributed by atoms with Crippen molar-refractivity contribution in [3.63, 3.8) is 0 Å². The van der Waals surface area contributed by atoms with Crippen molar-refractivity contribution in [2.45, 2.75) is 51.6 Å². The van der Waals surface area contributed by atoms with Crippen molar-refractivity contribution in [2.24, 2.45) is 5.92 Å². The van der Waals surface area contributed by atoms with Gasteiger partial charge in [-0.25, -0.2) is 9.59 Å². The molecule has 3 aliphatic rings. The Morgan fingerprint density at radius 2 is 1.78 bits per heavy atom. The normalized spacial score (nSPS) is 28.6. The summed E-state index contributed by atoms with van der Waals surface area (Å²) in [4.78, 5) is 26.3. The number of esters is 2. The molecule has 0 unspecified atom stereocenters. The van der Waals surface area contributed by atoms with Crippen molar-refractivity contribution in [1.29, 1.82) is 0 Å². The van der Waals surface area contributed by atoms with E-state index < -0.39 is 18.0 Å². The maximum absolute atomic E-state index is 13.1. The van der Waals surface area contributed by atoms with Crippen LogP contribution in [0.3, 0.4) is 0 Å². The maximum atomic E-state index is 13.1. The molecule has 1 aromatic rings. The Morgan fingerprint density at radius 1 is 1.06 bits per heavy atom. The molecule has 2 atom stereocenters. The van der Waals surface area contributed by atoms with Gasteiger partial charge in [-0.15, -0.1) is 0 Å². The standard InChI is InChI=1S/C26H30O6/c1-5-6-10-19-22(29-2)16-14-9-13-15(16)20(25(27)30-3)21(26(28)31-4)24-18-12-8-7-11-17(18)23(19)32-24/h7-8,11-12,15,24H,5-6,9-10,13-14H2,1-4H3/b21-20-,22-16+,23-19-/t15-,24-/m0/s1. The van der Waals surface area contributed by atoms with Crippen LogP contribution in [0.5, 0.6) is 0 Å². The summed E-state index contributed by atoms with van der Waals surface area (Å²) in [5, 5.41) is 0. The zero-order valence-electron chi connectivity index (χ0n) is 19.2. The first-order chi connectivity index (χ1) is 15.6. The van der Waals surface area contributed by atoms with Crippen LogP contribution in [0, 0.1) is 5.92 Å². The number of carbonyl (C=O) groups excluding carboxylic acids is 2. The second kappa shape index (κ2) is 9.23. The fraction of sp³-hybridized carbons (Fsp3) is 0.462. The van der Waals surface area contributed by atoms with E-state index in [1.54, 1.807) is 7.11 Å². The van der Waals surface area contributed by atoms with Gasteiger partial charge in [0.05, 0.1) is 32.5 Å². The summed E-state index contributed by atoms with van der Waals surface area (Å²) in [6.07, 6.45) is 4.47. The maximum Gasteiger partial charge on any atom is 0.338 e. The van der Waals surface area contributed by atoms with E-state index in [-0.39, 0.29) is 11.5 Å². The van der Waals surface area contributed by atoms with Crippen LogP contribution in [0.15, 0.2) is 52.3 Å². The molecule has 0 saturated heterocycles. The highest BCUT2D eigenvalue weighted by molar-refractivity contribution is 6.03. The molecule has 1 saturated carbocycles. The van der Waals surface area contributed by atoms with Crippen LogP contribution in [0.4, 0.5) is 0 Å². The minimum atomic E-state index is -0.738. The predicted octanol–water partition coefficient (Wildman–Crippen LogP) is 5.02. The Bertz CT molecular complexity index is 1030. The van der Waals surface area contributed by atoms with Crippen LogP contribution in [0.2, 0.25) is 0 Å². The van der Waals surface area contributed by atoms with Crippen molar-refractivity contribution >= 4 is 17.7 Å². The number of hydrogen-bond acceptors (Lipinski definition) is 6. The highest BCUT2D eigenvalue weighted by Gasteiger charge is 2.45. The number of fused-ring (bicyclic) bond motifs is 6. The van der Waals surface area contributed by atoms with E-state index in [0.717, 1.165) is 72.3 Å². The third kappa shape index (κ3) is 3.51. The highest BCUT2D eigenvalue weighted by atomic mass is 16.5. The van der Waals surface area contributed by atoms with Gasteiger partial charge in [-0.1, -0.05) is 37.6 Å². The van der Waals surface area contributed by atoms with Gasteiger partial charge in [0.1, 0.15) is 11.5 Å². The molecule has 1 aliphatic carbocycles. The first-order valence-corrected chi connectivity index (χ1v) is 11.2. The number of hydrogen-bond donors (Lipinski definition) is 0. The summed E-state index contributed by atoms with van der Waals surface area (Å²) in [5.41, 5.74) is 4.33. The molecule has 6 nitrogen and oxygen atoms in total. The van der Waals surface area contributed by atoms with Crippen molar-refractivity contribution < 1.29 is 28.5 Å². The fourth-order valence-electron chi connectivity index (χ4n) is 5.21. The molecule has 1 aromatic carbocycles. The van der Waals surface area contributed by atoms with Crippen LogP contribution >= 0.6 is 0 Å². The lowest BCUT2D eigenvalue weighted by atomic mass is 9.83. The number of benzene rings is 1. The molecule has 1 fully saturated rings. The molecule has 170 valence electrons. The van der Waals surface area contributed by atoms with E-state index in [4.69, 9.17) is 18.9 Å². The average Bonchev–Trinajstić information content (AvgIpc) is 3.44. The van der Waals surface area contributed by atoms with E-state index in [1.807, 2.05) is 24.3 Å². The monoisotopic (exact) mass is 438 g/mol. The Morgan fingerprint density at radius 3 is 2.47 bits per heavy atom. The molecule has 2 heterocycles. The third-order valence-corrected chi connectivity index (χ3v) is 6.62. The number of carbonyl (C=O) groups is 2. The van der Waals surface area contributed by atoms with Gasteiger partial charge in [0.15, 0.2) is 6.10 Å². The van der Waals surface area contributed by atoms with Crippen molar-refractivity contribution in [3.05, 3.63) is 63.4 Å². The van der Waals surface area contributed by atoms with Crippen molar-refractivity contribution in [2.75, 3.05) is 21.3 Å². The molecule has 0 N–H and O–H groups in total. The average molecular weight is 439 g/mol.